The first-order valence-corrected chi connectivity index (χ1v) is 5.72. The number of H-pyrrole nitrogens is 1. The highest BCUT2D eigenvalue weighted by Crippen LogP contribution is 2.11. The SMILES string of the molecule is O=c1[nH]c(CNCC(O)c2ccco2)cs1. The van der Waals surface area contributed by atoms with E-state index in [4.69, 9.17) is 4.42 Å². The zero-order chi connectivity index (χ0) is 11.4. The summed E-state index contributed by atoms with van der Waals surface area (Å²) in [6.07, 6.45) is 0.856. The molecule has 5 nitrogen and oxygen atoms in total. The third-order valence-electron chi connectivity index (χ3n) is 2.10. The minimum absolute atomic E-state index is 0.0663. The summed E-state index contributed by atoms with van der Waals surface area (Å²) in [4.78, 5) is 13.5. The van der Waals surface area contributed by atoms with Crippen molar-refractivity contribution in [3.8, 4) is 0 Å². The lowest BCUT2D eigenvalue weighted by atomic mass is 10.3. The summed E-state index contributed by atoms with van der Waals surface area (Å²) >= 11 is 1.13. The molecule has 2 aromatic rings. The fourth-order valence-corrected chi connectivity index (χ4v) is 1.91. The van der Waals surface area contributed by atoms with E-state index >= 15 is 0 Å². The third-order valence-corrected chi connectivity index (χ3v) is 2.81. The highest BCUT2D eigenvalue weighted by atomic mass is 32.1. The number of thiazole rings is 1. The second kappa shape index (κ2) is 5.11. The second-order valence-electron chi connectivity index (χ2n) is 3.34. The fourth-order valence-electron chi connectivity index (χ4n) is 1.33. The van der Waals surface area contributed by atoms with Crippen LogP contribution in [0.15, 0.2) is 33.0 Å². The van der Waals surface area contributed by atoms with Gasteiger partial charge in [0.05, 0.1) is 6.26 Å². The van der Waals surface area contributed by atoms with Gasteiger partial charge in [-0.15, -0.1) is 0 Å². The monoisotopic (exact) mass is 240 g/mol. The maximum atomic E-state index is 10.8. The molecule has 3 N–H and O–H groups in total. The Kier molecular flexibility index (Phi) is 3.55. The predicted octanol–water partition coefficient (Wildman–Crippen LogP) is 0.853. The van der Waals surface area contributed by atoms with Crippen molar-refractivity contribution in [3.05, 3.63) is 44.9 Å². The Morgan fingerprint density at radius 3 is 3.12 bits per heavy atom. The van der Waals surface area contributed by atoms with Crippen LogP contribution in [0.25, 0.3) is 0 Å². The van der Waals surface area contributed by atoms with Gasteiger partial charge in [-0.1, -0.05) is 11.3 Å². The number of aliphatic hydroxyl groups is 1. The van der Waals surface area contributed by atoms with E-state index in [1.807, 2.05) is 0 Å². The fraction of sp³-hybridized carbons (Fsp3) is 0.300. The minimum atomic E-state index is -0.666. The first kappa shape index (κ1) is 11.1. The van der Waals surface area contributed by atoms with E-state index in [2.05, 4.69) is 10.3 Å². The molecule has 1 unspecified atom stereocenters. The molecule has 0 amide bonds. The summed E-state index contributed by atoms with van der Waals surface area (Å²) in [6.45, 7) is 0.905. The lowest BCUT2D eigenvalue weighted by Crippen LogP contribution is -2.21. The van der Waals surface area contributed by atoms with Crippen molar-refractivity contribution in [2.45, 2.75) is 12.6 Å². The Balaban J connectivity index is 1.78. The van der Waals surface area contributed by atoms with Gasteiger partial charge in [0.25, 0.3) is 0 Å². The van der Waals surface area contributed by atoms with Gasteiger partial charge in [-0.05, 0) is 12.1 Å². The van der Waals surface area contributed by atoms with Crippen LogP contribution in [-0.2, 0) is 6.54 Å². The normalized spacial score (nSPS) is 12.8. The van der Waals surface area contributed by atoms with E-state index in [9.17, 15) is 9.90 Å². The standard InChI is InChI=1S/C10H12N2O3S/c13-8(9-2-1-3-15-9)5-11-4-7-6-16-10(14)12-7/h1-3,6,8,11,13H,4-5H2,(H,12,14). The molecule has 0 aliphatic rings. The van der Waals surface area contributed by atoms with Crippen LogP contribution >= 0.6 is 11.3 Å². The molecule has 0 aromatic carbocycles. The van der Waals surface area contributed by atoms with E-state index in [-0.39, 0.29) is 4.87 Å². The molecule has 2 aromatic heterocycles. The van der Waals surface area contributed by atoms with Crippen molar-refractivity contribution >= 4 is 11.3 Å². The molecule has 2 rings (SSSR count). The number of aliphatic hydroxyl groups excluding tert-OH is 1. The van der Waals surface area contributed by atoms with Gasteiger partial charge in [0.15, 0.2) is 0 Å². The van der Waals surface area contributed by atoms with Crippen LogP contribution in [0.4, 0.5) is 0 Å². The van der Waals surface area contributed by atoms with Gasteiger partial charge in [0.2, 0.25) is 0 Å². The van der Waals surface area contributed by atoms with Gasteiger partial charge in [-0.2, -0.15) is 0 Å². The van der Waals surface area contributed by atoms with Crippen LogP contribution in [0.3, 0.4) is 0 Å². The minimum Gasteiger partial charge on any atom is -0.467 e. The van der Waals surface area contributed by atoms with E-state index < -0.39 is 6.10 Å². The van der Waals surface area contributed by atoms with Crippen LogP contribution in [0.1, 0.15) is 17.6 Å². The maximum Gasteiger partial charge on any atom is 0.304 e. The number of hydrogen-bond donors (Lipinski definition) is 3. The van der Waals surface area contributed by atoms with Crippen molar-refractivity contribution in [2.24, 2.45) is 0 Å². The Bertz CT molecular complexity index is 474. The molecule has 0 aliphatic heterocycles. The Morgan fingerprint density at radius 1 is 1.62 bits per heavy atom. The number of aromatic nitrogens is 1. The maximum absolute atomic E-state index is 10.8. The van der Waals surface area contributed by atoms with Crippen molar-refractivity contribution < 1.29 is 9.52 Å². The Hall–Kier alpha value is -1.37. The Labute approximate surface area is 95.7 Å². The molecule has 6 heteroatoms. The summed E-state index contributed by atoms with van der Waals surface area (Å²) in [6, 6.07) is 3.45. The predicted molar refractivity (Wildman–Crippen MR) is 60.3 cm³/mol. The van der Waals surface area contributed by atoms with Crippen molar-refractivity contribution in [2.75, 3.05) is 6.54 Å². The molecule has 86 valence electrons. The van der Waals surface area contributed by atoms with Crippen molar-refractivity contribution in [1.29, 1.82) is 0 Å². The van der Waals surface area contributed by atoms with Gasteiger partial charge < -0.3 is 19.8 Å². The van der Waals surface area contributed by atoms with E-state index in [1.54, 1.807) is 17.5 Å². The van der Waals surface area contributed by atoms with Crippen molar-refractivity contribution in [1.82, 2.24) is 10.3 Å². The van der Waals surface area contributed by atoms with Crippen molar-refractivity contribution in [3.63, 3.8) is 0 Å². The van der Waals surface area contributed by atoms with Gasteiger partial charge in [-0.3, -0.25) is 4.79 Å². The number of nitrogens with one attached hydrogen (secondary N) is 2. The molecule has 0 aliphatic carbocycles. The first-order chi connectivity index (χ1) is 7.75. The summed E-state index contributed by atoms with van der Waals surface area (Å²) < 4.78 is 5.06. The molecule has 16 heavy (non-hydrogen) atoms. The van der Waals surface area contributed by atoms with Gasteiger partial charge in [-0.25, -0.2) is 0 Å². The molecule has 0 bridgehead atoms. The van der Waals surface area contributed by atoms with Crippen LogP contribution in [0, 0.1) is 0 Å². The first-order valence-electron chi connectivity index (χ1n) is 4.84. The highest BCUT2D eigenvalue weighted by Gasteiger charge is 2.09. The van der Waals surface area contributed by atoms with Gasteiger partial charge >= 0.3 is 4.87 Å². The van der Waals surface area contributed by atoms with Crippen LogP contribution < -0.4 is 10.2 Å². The van der Waals surface area contributed by atoms with Crippen LogP contribution in [-0.4, -0.2) is 16.6 Å². The van der Waals surface area contributed by atoms with E-state index in [1.165, 1.54) is 6.26 Å². The third kappa shape index (κ3) is 2.82. The lowest BCUT2D eigenvalue weighted by molar-refractivity contribution is 0.147. The summed E-state index contributed by atoms with van der Waals surface area (Å²) in [5.41, 5.74) is 0.821. The van der Waals surface area contributed by atoms with E-state index in [0.29, 0.717) is 18.8 Å². The molecule has 0 radical (unpaired) electrons. The molecule has 0 saturated heterocycles. The highest BCUT2D eigenvalue weighted by molar-refractivity contribution is 7.07. The van der Waals surface area contributed by atoms with E-state index in [0.717, 1.165) is 17.0 Å². The molecule has 0 fully saturated rings. The number of rotatable bonds is 5. The molecule has 0 saturated carbocycles. The number of furan rings is 1. The Morgan fingerprint density at radius 2 is 2.50 bits per heavy atom. The zero-order valence-electron chi connectivity index (χ0n) is 8.47. The summed E-state index contributed by atoms with van der Waals surface area (Å²) in [5.74, 6) is 0.534. The molecule has 1 atom stereocenters. The smallest absolute Gasteiger partial charge is 0.304 e. The zero-order valence-corrected chi connectivity index (χ0v) is 9.29. The average molecular weight is 240 g/mol. The van der Waals surface area contributed by atoms with Crippen LogP contribution in [0.2, 0.25) is 0 Å². The van der Waals surface area contributed by atoms with Crippen LogP contribution in [0.5, 0.6) is 0 Å². The van der Waals surface area contributed by atoms with Gasteiger partial charge in [0.1, 0.15) is 11.9 Å². The summed E-state index contributed by atoms with van der Waals surface area (Å²) in [5, 5.41) is 14.5. The van der Waals surface area contributed by atoms with Gasteiger partial charge in [0, 0.05) is 24.2 Å². The molecular formula is C10H12N2O3S. The average Bonchev–Trinajstić information content (AvgIpc) is 2.89. The molecule has 2 heterocycles. The topological polar surface area (TPSA) is 78.3 Å². The second-order valence-corrected chi connectivity index (χ2v) is 4.18. The molecular weight excluding hydrogens is 228 g/mol. The quantitative estimate of drug-likeness (QED) is 0.724. The summed E-state index contributed by atoms with van der Waals surface area (Å²) in [7, 11) is 0. The number of hydrogen-bond acceptors (Lipinski definition) is 5. The molecule has 0 spiro atoms. The lowest BCUT2D eigenvalue weighted by Gasteiger charge is -2.08. The largest absolute Gasteiger partial charge is 0.467 e. The number of aromatic amines is 1.